The number of aromatic nitrogens is 2. The molecule has 6 nitrogen and oxygen atoms in total. The molecule has 2 rings (SSSR count). The van der Waals surface area contributed by atoms with Crippen LogP contribution in [0.2, 0.25) is 0 Å². The Hall–Kier alpha value is -2.81. The molecule has 0 radical (unpaired) electrons. The minimum atomic E-state index is -0.516. The van der Waals surface area contributed by atoms with E-state index in [1.165, 1.54) is 25.6 Å². The maximum atomic E-state index is 11.4. The van der Waals surface area contributed by atoms with E-state index in [2.05, 4.69) is 9.97 Å². The van der Waals surface area contributed by atoms with E-state index >= 15 is 0 Å². The third kappa shape index (κ3) is 1.89. The van der Waals surface area contributed by atoms with E-state index in [1.807, 2.05) is 0 Å². The quantitative estimate of drug-likeness (QED) is 0.820. The van der Waals surface area contributed by atoms with Gasteiger partial charge >= 0.3 is 0 Å². The van der Waals surface area contributed by atoms with Crippen LogP contribution in [0.5, 0.6) is 11.5 Å². The van der Waals surface area contributed by atoms with E-state index in [0.29, 0.717) is 11.3 Å². The molecule has 0 aliphatic rings. The topological polar surface area (TPSA) is 99.0 Å². The molecule has 0 spiro atoms. The van der Waals surface area contributed by atoms with E-state index in [9.17, 15) is 9.90 Å². The predicted octanol–water partition coefficient (Wildman–Crippen LogP) is 1.02. The van der Waals surface area contributed by atoms with Gasteiger partial charge in [0.1, 0.15) is 11.6 Å². The van der Waals surface area contributed by atoms with Gasteiger partial charge in [0.25, 0.3) is 5.56 Å². The lowest BCUT2D eigenvalue weighted by Gasteiger charge is -2.06. The Balaban J connectivity index is 2.64. The van der Waals surface area contributed by atoms with Gasteiger partial charge in [-0.2, -0.15) is 5.26 Å². The van der Waals surface area contributed by atoms with Crippen molar-refractivity contribution in [1.82, 2.24) is 9.97 Å². The summed E-state index contributed by atoms with van der Waals surface area (Å²) in [5, 5.41) is 18.6. The number of nitrogens with one attached hydrogen (secondary N) is 1. The molecule has 2 N–H and O–H groups in total. The molecule has 1 aromatic carbocycles. The Morgan fingerprint density at radius 3 is 2.89 bits per heavy atom. The first kappa shape index (κ1) is 11.7. The molecule has 90 valence electrons. The molecule has 0 bridgehead atoms. The zero-order valence-electron chi connectivity index (χ0n) is 9.47. The summed E-state index contributed by atoms with van der Waals surface area (Å²) in [6, 6.07) is 6.33. The van der Waals surface area contributed by atoms with E-state index in [1.54, 1.807) is 12.1 Å². The molecule has 0 saturated carbocycles. The maximum Gasteiger partial charge on any atom is 0.269 e. The molecular formula is C12H9N3O3. The van der Waals surface area contributed by atoms with E-state index in [0.717, 1.165) is 0 Å². The van der Waals surface area contributed by atoms with Crippen molar-refractivity contribution in [2.24, 2.45) is 0 Å². The van der Waals surface area contributed by atoms with E-state index < -0.39 is 5.56 Å². The second-order valence-corrected chi connectivity index (χ2v) is 3.45. The van der Waals surface area contributed by atoms with Gasteiger partial charge in [0.2, 0.25) is 0 Å². The number of phenols is 1. The first-order valence-corrected chi connectivity index (χ1v) is 5.02. The highest BCUT2D eigenvalue weighted by Crippen LogP contribution is 2.30. The lowest BCUT2D eigenvalue weighted by atomic mass is 10.1. The lowest BCUT2D eigenvalue weighted by molar-refractivity contribution is 0.373. The molecule has 2 aromatic rings. The van der Waals surface area contributed by atoms with Crippen molar-refractivity contribution in [3.63, 3.8) is 0 Å². The molecule has 0 unspecified atom stereocenters. The van der Waals surface area contributed by atoms with Gasteiger partial charge in [0.15, 0.2) is 11.5 Å². The van der Waals surface area contributed by atoms with Gasteiger partial charge in [0.05, 0.1) is 19.1 Å². The highest BCUT2D eigenvalue weighted by Gasteiger charge is 2.12. The molecule has 0 atom stereocenters. The maximum absolute atomic E-state index is 11.4. The molecule has 0 aliphatic heterocycles. The Labute approximate surface area is 102 Å². The van der Waals surface area contributed by atoms with Crippen LogP contribution in [0.15, 0.2) is 29.3 Å². The normalized spacial score (nSPS) is 9.78. The fourth-order valence-corrected chi connectivity index (χ4v) is 1.56. The number of aromatic amines is 1. The molecule has 1 heterocycles. The summed E-state index contributed by atoms with van der Waals surface area (Å²) in [6.45, 7) is 0. The van der Waals surface area contributed by atoms with Crippen molar-refractivity contribution >= 4 is 0 Å². The number of rotatable bonds is 2. The number of hydrogen-bond donors (Lipinski definition) is 2. The predicted molar refractivity (Wildman–Crippen MR) is 63.2 cm³/mol. The minimum absolute atomic E-state index is 0.0824. The minimum Gasteiger partial charge on any atom is -0.504 e. The number of phenolic OH excluding ortho intramolecular Hbond substituents is 1. The number of nitrogens with zero attached hydrogens (tertiary/aromatic N) is 2. The molecular weight excluding hydrogens is 234 g/mol. The molecule has 0 aliphatic carbocycles. The summed E-state index contributed by atoms with van der Waals surface area (Å²) in [5.74, 6) is 0.225. The second kappa shape index (κ2) is 4.59. The third-order valence-electron chi connectivity index (χ3n) is 2.42. The van der Waals surface area contributed by atoms with Crippen LogP contribution in [0, 0.1) is 11.3 Å². The highest BCUT2D eigenvalue weighted by atomic mass is 16.5. The van der Waals surface area contributed by atoms with Crippen molar-refractivity contribution in [2.75, 3.05) is 7.11 Å². The Kier molecular flexibility index (Phi) is 2.98. The van der Waals surface area contributed by atoms with Gasteiger partial charge in [-0.1, -0.05) is 0 Å². The van der Waals surface area contributed by atoms with Crippen LogP contribution in [0.4, 0.5) is 0 Å². The second-order valence-electron chi connectivity index (χ2n) is 3.45. The standard InChI is InChI=1S/C12H9N3O3/c1-18-10-3-2-7(4-9(10)16)11-8(5-13)12(17)15-6-14-11/h2-4,6,16H,1H3,(H,14,15,17). The number of aromatic hydroxyl groups is 1. The number of methoxy groups -OCH3 is 1. The Morgan fingerprint density at radius 2 is 2.28 bits per heavy atom. The summed E-state index contributed by atoms with van der Waals surface area (Å²) in [6.07, 6.45) is 1.21. The van der Waals surface area contributed by atoms with Gasteiger partial charge in [-0.05, 0) is 18.2 Å². The molecule has 0 saturated heterocycles. The highest BCUT2D eigenvalue weighted by molar-refractivity contribution is 5.68. The Bertz CT molecular complexity index is 686. The average molecular weight is 243 g/mol. The van der Waals surface area contributed by atoms with Gasteiger partial charge in [0, 0.05) is 5.56 Å². The van der Waals surface area contributed by atoms with Crippen LogP contribution in [0.3, 0.4) is 0 Å². The molecule has 18 heavy (non-hydrogen) atoms. The lowest BCUT2D eigenvalue weighted by Crippen LogP contribution is -2.12. The van der Waals surface area contributed by atoms with Crippen molar-refractivity contribution in [1.29, 1.82) is 5.26 Å². The van der Waals surface area contributed by atoms with E-state index in [4.69, 9.17) is 10.00 Å². The van der Waals surface area contributed by atoms with Gasteiger partial charge in [-0.25, -0.2) is 4.98 Å². The number of hydrogen-bond acceptors (Lipinski definition) is 5. The monoisotopic (exact) mass is 243 g/mol. The van der Waals surface area contributed by atoms with Crippen LogP contribution in [-0.4, -0.2) is 22.2 Å². The van der Waals surface area contributed by atoms with Gasteiger partial charge < -0.3 is 14.8 Å². The van der Waals surface area contributed by atoms with Crippen LogP contribution < -0.4 is 10.3 Å². The molecule has 1 aromatic heterocycles. The third-order valence-corrected chi connectivity index (χ3v) is 2.42. The number of ether oxygens (including phenoxy) is 1. The summed E-state index contributed by atoms with van der Waals surface area (Å²) in [4.78, 5) is 17.7. The first-order valence-electron chi connectivity index (χ1n) is 5.02. The van der Waals surface area contributed by atoms with Gasteiger partial charge in [-0.15, -0.1) is 0 Å². The molecule has 0 amide bonds. The van der Waals surface area contributed by atoms with Crippen molar-refractivity contribution in [3.05, 3.63) is 40.4 Å². The SMILES string of the molecule is COc1ccc(-c2nc[nH]c(=O)c2C#N)cc1O. The molecule has 6 heteroatoms. The number of H-pyrrole nitrogens is 1. The zero-order chi connectivity index (χ0) is 13.1. The first-order chi connectivity index (χ1) is 8.67. The fraction of sp³-hybridized carbons (Fsp3) is 0.0833. The number of benzene rings is 1. The average Bonchev–Trinajstić information content (AvgIpc) is 2.38. The summed E-state index contributed by atoms with van der Waals surface area (Å²) >= 11 is 0. The fourth-order valence-electron chi connectivity index (χ4n) is 1.56. The summed E-state index contributed by atoms with van der Waals surface area (Å²) in [5.41, 5.74) is 0.0787. The van der Waals surface area contributed by atoms with Crippen molar-refractivity contribution in [3.8, 4) is 28.8 Å². The van der Waals surface area contributed by atoms with Crippen molar-refractivity contribution < 1.29 is 9.84 Å². The van der Waals surface area contributed by atoms with Crippen LogP contribution >= 0.6 is 0 Å². The van der Waals surface area contributed by atoms with Crippen molar-refractivity contribution in [2.45, 2.75) is 0 Å². The van der Waals surface area contributed by atoms with Crippen LogP contribution in [0.1, 0.15) is 5.56 Å². The largest absolute Gasteiger partial charge is 0.504 e. The molecule has 0 fully saturated rings. The zero-order valence-corrected chi connectivity index (χ0v) is 9.47. The number of nitriles is 1. The van der Waals surface area contributed by atoms with Crippen LogP contribution in [-0.2, 0) is 0 Å². The van der Waals surface area contributed by atoms with E-state index in [-0.39, 0.29) is 17.0 Å². The van der Waals surface area contributed by atoms with Crippen LogP contribution in [0.25, 0.3) is 11.3 Å². The smallest absolute Gasteiger partial charge is 0.269 e. The summed E-state index contributed by atoms with van der Waals surface area (Å²) < 4.78 is 4.91. The van der Waals surface area contributed by atoms with Gasteiger partial charge in [-0.3, -0.25) is 4.79 Å². The Morgan fingerprint density at radius 1 is 1.50 bits per heavy atom. The summed E-state index contributed by atoms with van der Waals surface area (Å²) in [7, 11) is 1.43.